The summed E-state index contributed by atoms with van der Waals surface area (Å²) in [6, 6.07) is 12.6. The Morgan fingerprint density at radius 1 is 1.04 bits per heavy atom. The van der Waals surface area contributed by atoms with Gasteiger partial charge in [0.15, 0.2) is 0 Å². The lowest BCUT2D eigenvalue weighted by Crippen LogP contribution is -2.06. The highest BCUT2D eigenvalue weighted by molar-refractivity contribution is 7.99. The van der Waals surface area contributed by atoms with Gasteiger partial charge in [-0.2, -0.15) is 8.42 Å². The van der Waals surface area contributed by atoms with E-state index in [-0.39, 0.29) is 6.61 Å². The van der Waals surface area contributed by atoms with Crippen LogP contribution in [0.1, 0.15) is 5.56 Å². The third kappa shape index (κ3) is 8.63. The fourth-order valence-electron chi connectivity index (χ4n) is 1.56. The monoisotopic (exact) mass is 371 g/mol. The van der Waals surface area contributed by atoms with Crippen molar-refractivity contribution in [3.8, 4) is 0 Å². The van der Waals surface area contributed by atoms with E-state index >= 15 is 0 Å². The third-order valence-electron chi connectivity index (χ3n) is 2.76. The van der Waals surface area contributed by atoms with Crippen LogP contribution in [0.3, 0.4) is 0 Å². The Hall–Kier alpha value is -1.94. The molecule has 0 aromatic heterocycles. The molecule has 0 aliphatic carbocycles. The van der Waals surface area contributed by atoms with Crippen LogP contribution in [0, 0.1) is 6.92 Å². The lowest BCUT2D eigenvalue weighted by atomic mass is 10.2. The average Bonchev–Trinajstić information content (AvgIpc) is 2.49. The minimum absolute atomic E-state index is 0.0616. The third-order valence-corrected chi connectivity index (χ3v) is 4.20. The quantitative estimate of drug-likeness (QED) is 0.271. The number of aryl methyl sites for hydroxylation is 1. The van der Waals surface area contributed by atoms with Crippen LogP contribution >= 0.6 is 11.8 Å². The first-order valence-electron chi connectivity index (χ1n) is 6.89. The van der Waals surface area contributed by atoms with Gasteiger partial charge in [-0.05, 0) is 55.0 Å². The fraction of sp³-hybridized carbons (Fsp3) is 0.200. The van der Waals surface area contributed by atoms with E-state index in [9.17, 15) is 8.42 Å². The van der Waals surface area contributed by atoms with Gasteiger partial charge in [-0.15, -0.1) is 11.8 Å². The van der Waals surface area contributed by atoms with Crippen LogP contribution in [0.15, 0.2) is 47.4 Å². The Kier molecular flexibility index (Phi) is 7.86. The molecule has 132 valence electrons. The van der Waals surface area contributed by atoms with Gasteiger partial charge in [-0.1, -0.05) is 0 Å². The number of nitrogens with two attached hydrogens (primary N) is 3. The van der Waals surface area contributed by atoms with Crippen LogP contribution in [0.2, 0.25) is 0 Å². The molecule has 0 spiro atoms. The number of hydrogen-bond acceptors (Lipinski definition) is 7. The highest BCUT2D eigenvalue weighted by Crippen LogP contribution is 2.18. The van der Waals surface area contributed by atoms with E-state index in [2.05, 4.69) is 4.18 Å². The molecule has 0 amide bonds. The molecule has 0 atom stereocenters. The number of anilines is 3. The van der Waals surface area contributed by atoms with E-state index in [0.29, 0.717) is 11.4 Å². The maximum Gasteiger partial charge on any atom is 0.397 e. The second-order valence-corrected chi connectivity index (χ2v) is 7.04. The van der Waals surface area contributed by atoms with Gasteiger partial charge in [0.2, 0.25) is 0 Å². The van der Waals surface area contributed by atoms with E-state index in [1.807, 2.05) is 31.2 Å². The molecule has 0 unspecified atom stereocenters. The van der Waals surface area contributed by atoms with E-state index in [1.165, 1.54) is 11.8 Å². The number of thioether (sulfide) groups is 1. The highest BCUT2D eigenvalue weighted by Gasteiger charge is 2.03. The van der Waals surface area contributed by atoms with Gasteiger partial charge < -0.3 is 17.2 Å². The van der Waals surface area contributed by atoms with Crippen LogP contribution in [0.25, 0.3) is 0 Å². The van der Waals surface area contributed by atoms with Crippen LogP contribution in [-0.2, 0) is 14.6 Å². The topological polar surface area (TPSA) is 142 Å². The maximum atomic E-state index is 10.2. The van der Waals surface area contributed by atoms with Crippen LogP contribution in [0.5, 0.6) is 0 Å². The summed E-state index contributed by atoms with van der Waals surface area (Å²) in [5.74, 6) is 0.434. The Balaban J connectivity index is 0.000000272. The number of rotatable bonds is 5. The van der Waals surface area contributed by atoms with E-state index in [0.717, 1.165) is 21.8 Å². The number of hydrogen-bond donors (Lipinski definition) is 4. The zero-order valence-corrected chi connectivity index (χ0v) is 14.8. The van der Waals surface area contributed by atoms with Gasteiger partial charge in [0, 0.05) is 27.7 Å². The highest BCUT2D eigenvalue weighted by atomic mass is 32.3. The second kappa shape index (κ2) is 9.38. The molecule has 2 aromatic carbocycles. The molecule has 0 aliphatic rings. The summed E-state index contributed by atoms with van der Waals surface area (Å²) in [7, 11) is -4.32. The molecule has 0 saturated heterocycles. The maximum absolute atomic E-state index is 10.2. The molecule has 0 aliphatic heterocycles. The average molecular weight is 371 g/mol. The molecular weight excluding hydrogens is 350 g/mol. The molecule has 2 rings (SSSR count). The largest absolute Gasteiger partial charge is 0.399 e. The van der Waals surface area contributed by atoms with Gasteiger partial charge in [-0.25, -0.2) is 4.18 Å². The van der Waals surface area contributed by atoms with Crippen molar-refractivity contribution in [3.05, 3.63) is 48.0 Å². The van der Waals surface area contributed by atoms with Crippen molar-refractivity contribution in [2.24, 2.45) is 0 Å². The number of nitrogen functional groups attached to an aromatic ring is 3. The van der Waals surface area contributed by atoms with E-state index in [4.69, 9.17) is 21.8 Å². The summed E-state index contributed by atoms with van der Waals surface area (Å²) < 4.78 is 32.8. The van der Waals surface area contributed by atoms with Crippen molar-refractivity contribution < 1.29 is 17.2 Å². The van der Waals surface area contributed by atoms with Gasteiger partial charge in [0.1, 0.15) is 0 Å². The molecule has 2 aromatic rings. The van der Waals surface area contributed by atoms with Crippen molar-refractivity contribution in [1.82, 2.24) is 0 Å². The summed E-state index contributed by atoms with van der Waals surface area (Å²) in [5, 5.41) is 0. The molecule has 0 bridgehead atoms. The first kappa shape index (κ1) is 20.1. The summed E-state index contributed by atoms with van der Waals surface area (Å²) in [4.78, 5) is 0.961. The molecule has 0 heterocycles. The smallest absolute Gasteiger partial charge is 0.397 e. The van der Waals surface area contributed by atoms with Crippen molar-refractivity contribution in [2.45, 2.75) is 11.8 Å². The van der Waals surface area contributed by atoms with Crippen molar-refractivity contribution in [2.75, 3.05) is 29.6 Å². The van der Waals surface area contributed by atoms with Crippen LogP contribution in [0.4, 0.5) is 17.1 Å². The van der Waals surface area contributed by atoms with Crippen LogP contribution in [-0.4, -0.2) is 25.3 Å². The first-order valence-corrected chi connectivity index (χ1v) is 9.24. The minimum Gasteiger partial charge on any atom is -0.399 e. The second-order valence-electron chi connectivity index (χ2n) is 4.78. The van der Waals surface area contributed by atoms with Crippen LogP contribution < -0.4 is 17.2 Å². The summed E-state index contributed by atoms with van der Waals surface area (Å²) in [5.41, 5.74) is 19.8. The van der Waals surface area contributed by atoms with Gasteiger partial charge in [0.25, 0.3) is 0 Å². The summed E-state index contributed by atoms with van der Waals surface area (Å²) in [6.45, 7) is 1.87. The molecule has 9 heteroatoms. The summed E-state index contributed by atoms with van der Waals surface area (Å²) >= 11 is 1.41. The Bertz CT molecular complexity index is 750. The summed E-state index contributed by atoms with van der Waals surface area (Å²) in [6.07, 6.45) is 0. The first-order chi connectivity index (χ1) is 11.2. The zero-order valence-electron chi connectivity index (χ0n) is 13.2. The Morgan fingerprint density at radius 3 is 2.12 bits per heavy atom. The Labute approximate surface area is 146 Å². The van der Waals surface area contributed by atoms with Gasteiger partial charge >= 0.3 is 10.4 Å². The minimum atomic E-state index is -4.32. The predicted molar refractivity (Wildman–Crippen MR) is 99.1 cm³/mol. The molecule has 24 heavy (non-hydrogen) atoms. The molecular formula is C15H21N3O4S2. The number of benzene rings is 2. The molecule has 0 radical (unpaired) electrons. The zero-order chi connectivity index (χ0) is 18.2. The van der Waals surface area contributed by atoms with Crippen molar-refractivity contribution in [1.29, 1.82) is 0 Å². The van der Waals surface area contributed by atoms with Crippen molar-refractivity contribution >= 4 is 39.2 Å². The van der Waals surface area contributed by atoms with Gasteiger partial charge in [0.05, 0.1) is 6.61 Å². The standard InChI is InChI=1S/C8H11NO4S2.C7H10N2/c9-7-1-3-8(4-2-7)14-6-5-13-15(10,11)12;1-5-4-6(8)2-3-7(5)9/h1-4H,5-6,9H2,(H,10,11,12);2-4H,8-9H2,1H3. The van der Waals surface area contributed by atoms with Gasteiger partial charge in [-0.3, -0.25) is 4.55 Å². The predicted octanol–water partition coefficient (Wildman–Crippen LogP) is 2.34. The molecule has 7 nitrogen and oxygen atoms in total. The van der Waals surface area contributed by atoms with E-state index in [1.54, 1.807) is 18.2 Å². The normalized spacial score (nSPS) is 10.8. The van der Waals surface area contributed by atoms with E-state index < -0.39 is 10.4 Å². The lowest BCUT2D eigenvalue weighted by Gasteiger charge is -2.01. The fourth-order valence-corrected chi connectivity index (χ4v) is 2.69. The molecule has 7 N–H and O–H groups in total. The SMILES string of the molecule is Cc1cc(N)ccc1N.Nc1ccc(SCCOS(=O)(=O)O)cc1. The van der Waals surface area contributed by atoms with Crippen molar-refractivity contribution in [3.63, 3.8) is 0 Å². The lowest BCUT2D eigenvalue weighted by molar-refractivity contribution is 0.285. The molecule has 0 fully saturated rings. The Morgan fingerprint density at radius 2 is 1.62 bits per heavy atom. The molecule has 0 saturated carbocycles.